The summed E-state index contributed by atoms with van der Waals surface area (Å²) in [6.45, 7) is 4.14. The minimum atomic E-state index is 0.501. The molecule has 0 bridgehead atoms. The Labute approximate surface area is 108 Å². The van der Waals surface area contributed by atoms with E-state index in [0.29, 0.717) is 18.4 Å². The number of hydrogen-bond donors (Lipinski definition) is 0. The predicted octanol–water partition coefficient (Wildman–Crippen LogP) is 2.69. The van der Waals surface area contributed by atoms with E-state index in [1.54, 1.807) is 6.20 Å². The van der Waals surface area contributed by atoms with Crippen LogP contribution in [-0.4, -0.2) is 36.1 Å². The summed E-state index contributed by atoms with van der Waals surface area (Å²) in [6.07, 6.45) is 5.79. The van der Waals surface area contributed by atoms with E-state index in [1.165, 1.54) is 32.4 Å². The number of hydrogen-bond acceptors (Lipinski definition) is 3. The van der Waals surface area contributed by atoms with Crippen molar-refractivity contribution in [1.29, 1.82) is 0 Å². The van der Waals surface area contributed by atoms with Gasteiger partial charge in [-0.3, -0.25) is 4.90 Å². The second-order valence-corrected chi connectivity index (χ2v) is 4.66. The molecule has 1 aromatic heterocycles. The van der Waals surface area contributed by atoms with Gasteiger partial charge in [-0.1, -0.05) is 12.5 Å². The summed E-state index contributed by atoms with van der Waals surface area (Å²) < 4.78 is 5.61. The molecule has 0 spiro atoms. The lowest BCUT2D eigenvalue weighted by atomic mass is 10.1. The zero-order valence-electron chi connectivity index (χ0n) is 10.1. The van der Waals surface area contributed by atoms with Crippen molar-refractivity contribution in [3.8, 4) is 5.88 Å². The monoisotopic (exact) mass is 254 g/mol. The summed E-state index contributed by atoms with van der Waals surface area (Å²) in [6, 6.07) is 3.84. The Morgan fingerprint density at radius 2 is 2.06 bits per heavy atom. The van der Waals surface area contributed by atoms with E-state index in [-0.39, 0.29) is 0 Å². The highest BCUT2D eigenvalue weighted by Crippen LogP contribution is 2.10. The maximum atomic E-state index is 5.70. The van der Waals surface area contributed by atoms with Gasteiger partial charge in [0, 0.05) is 24.7 Å². The molecule has 0 N–H and O–H groups in total. The van der Waals surface area contributed by atoms with E-state index < -0.39 is 0 Å². The van der Waals surface area contributed by atoms with Crippen molar-refractivity contribution >= 4 is 11.6 Å². The lowest BCUT2D eigenvalue weighted by Crippen LogP contribution is -2.33. The minimum Gasteiger partial charge on any atom is -0.476 e. The van der Waals surface area contributed by atoms with Gasteiger partial charge in [-0.2, -0.15) is 0 Å². The van der Waals surface area contributed by atoms with Crippen molar-refractivity contribution in [2.45, 2.75) is 25.1 Å². The topological polar surface area (TPSA) is 25.4 Å². The summed E-state index contributed by atoms with van der Waals surface area (Å²) in [4.78, 5) is 6.66. The smallest absolute Gasteiger partial charge is 0.213 e. The molecule has 17 heavy (non-hydrogen) atoms. The fraction of sp³-hybridized carbons (Fsp3) is 0.615. The highest BCUT2D eigenvalue weighted by molar-refractivity contribution is 6.17. The normalized spacial score (nSPS) is 17.0. The van der Waals surface area contributed by atoms with Crippen molar-refractivity contribution < 1.29 is 4.74 Å². The molecule has 2 rings (SSSR count). The number of aromatic nitrogens is 1. The van der Waals surface area contributed by atoms with Gasteiger partial charge in [-0.25, -0.2) is 4.98 Å². The van der Waals surface area contributed by atoms with Gasteiger partial charge in [-0.15, -0.1) is 11.6 Å². The third kappa shape index (κ3) is 4.17. The standard InChI is InChI=1S/C13H19ClN2O/c14-10-12-4-5-13(15-11-12)17-9-8-16-6-2-1-3-7-16/h4-5,11H,1-3,6-10H2. The predicted molar refractivity (Wildman–Crippen MR) is 69.6 cm³/mol. The zero-order chi connectivity index (χ0) is 11.9. The lowest BCUT2D eigenvalue weighted by molar-refractivity contribution is 0.180. The number of pyridine rings is 1. The van der Waals surface area contributed by atoms with Crippen LogP contribution in [0.15, 0.2) is 18.3 Å². The van der Waals surface area contributed by atoms with Crippen LogP contribution < -0.4 is 4.74 Å². The number of rotatable bonds is 5. The molecule has 1 aliphatic rings. The fourth-order valence-corrected chi connectivity index (χ4v) is 2.20. The van der Waals surface area contributed by atoms with Gasteiger partial charge >= 0.3 is 0 Å². The van der Waals surface area contributed by atoms with Crippen LogP contribution >= 0.6 is 11.6 Å². The third-order valence-electron chi connectivity index (χ3n) is 3.06. The van der Waals surface area contributed by atoms with E-state index in [4.69, 9.17) is 16.3 Å². The van der Waals surface area contributed by atoms with Crippen LogP contribution in [0.1, 0.15) is 24.8 Å². The highest BCUT2D eigenvalue weighted by Gasteiger charge is 2.09. The Kier molecular flexibility index (Phi) is 5.08. The molecule has 0 amide bonds. The number of alkyl halides is 1. The first kappa shape index (κ1) is 12.7. The van der Waals surface area contributed by atoms with Crippen molar-refractivity contribution in [3.05, 3.63) is 23.9 Å². The Morgan fingerprint density at radius 3 is 2.71 bits per heavy atom. The van der Waals surface area contributed by atoms with Gasteiger partial charge in [0.05, 0.1) is 0 Å². The van der Waals surface area contributed by atoms with E-state index in [2.05, 4.69) is 9.88 Å². The first-order valence-electron chi connectivity index (χ1n) is 6.24. The molecule has 0 aromatic carbocycles. The summed E-state index contributed by atoms with van der Waals surface area (Å²) in [5.41, 5.74) is 1.02. The van der Waals surface area contributed by atoms with E-state index in [9.17, 15) is 0 Å². The summed E-state index contributed by atoms with van der Waals surface area (Å²) >= 11 is 5.70. The SMILES string of the molecule is ClCc1ccc(OCCN2CCCCC2)nc1. The van der Waals surface area contributed by atoms with E-state index in [1.807, 2.05) is 12.1 Å². The molecule has 0 unspecified atom stereocenters. The van der Waals surface area contributed by atoms with Gasteiger partial charge < -0.3 is 4.74 Å². The first-order valence-corrected chi connectivity index (χ1v) is 6.78. The molecule has 0 aliphatic carbocycles. The second kappa shape index (κ2) is 6.82. The minimum absolute atomic E-state index is 0.501. The first-order chi connectivity index (χ1) is 8.38. The van der Waals surface area contributed by atoms with Crippen molar-refractivity contribution in [3.63, 3.8) is 0 Å². The van der Waals surface area contributed by atoms with Crippen molar-refractivity contribution in [2.24, 2.45) is 0 Å². The van der Waals surface area contributed by atoms with Crippen LogP contribution in [-0.2, 0) is 5.88 Å². The van der Waals surface area contributed by atoms with Crippen LogP contribution in [0.2, 0.25) is 0 Å². The summed E-state index contributed by atoms with van der Waals surface area (Å²) in [7, 11) is 0. The number of ether oxygens (including phenoxy) is 1. The lowest BCUT2D eigenvalue weighted by Gasteiger charge is -2.25. The maximum absolute atomic E-state index is 5.70. The Morgan fingerprint density at radius 1 is 1.24 bits per heavy atom. The van der Waals surface area contributed by atoms with Crippen LogP contribution in [0.5, 0.6) is 5.88 Å². The molecule has 2 heterocycles. The third-order valence-corrected chi connectivity index (χ3v) is 3.37. The van der Waals surface area contributed by atoms with Crippen LogP contribution in [0, 0.1) is 0 Å². The van der Waals surface area contributed by atoms with Crippen LogP contribution in [0.25, 0.3) is 0 Å². The molecule has 3 nitrogen and oxygen atoms in total. The van der Waals surface area contributed by atoms with Crippen LogP contribution in [0.3, 0.4) is 0 Å². The second-order valence-electron chi connectivity index (χ2n) is 4.39. The largest absolute Gasteiger partial charge is 0.476 e. The van der Waals surface area contributed by atoms with Gasteiger partial charge in [0.15, 0.2) is 0 Å². The summed E-state index contributed by atoms with van der Waals surface area (Å²) in [5.74, 6) is 1.19. The molecule has 4 heteroatoms. The molecule has 1 fully saturated rings. The van der Waals surface area contributed by atoms with Crippen molar-refractivity contribution in [1.82, 2.24) is 9.88 Å². The Balaban J connectivity index is 1.69. The molecule has 0 atom stereocenters. The molecular weight excluding hydrogens is 236 g/mol. The molecule has 0 saturated carbocycles. The highest BCUT2D eigenvalue weighted by atomic mass is 35.5. The quantitative estimate of drug-likeness (QED) is 0.756. The van der Waals surface area contributed by atoms with Crippen molar-refractivity contribution in [2.75, 3.05) is 26.2 Å². The maximum Gasteiger partial charge on any atom is 0.213 e. The van der Waals surface area contributed by atoms with E-state index in [0.717, 1.165) is 12.1 Å². The Hall–Kier alpha value is -0.800. The molecule has 94 valence electrons. The van der Waals surface area contributed by atoms with Gasteiger partial charge in [0.1, 0.15) is 6.61 Å². The van der Waals surface area contributed by atoms with Gasteiger partial charge in [0.25, 0.3) is 0 Å². The molecule has 0 radical (unpaired) electrons. The molecule has 1 aromatic rings. The van der Waals surface area contributed by atoms with E-state index >= 15 is 0 Å². The van der Waals surface area contributed by atoms with Crippen LogP contribution in [0.4, 0.5) is 0 Å². The molecular formula is C13H19ClN2O. The summed E-state index contributed by atoms with van der Waals surface area (Å²) in [5, 5.41) is 0. The Bertz CT molecular complexity index is 323. The average molecular weight is 255 g/mol. The number of likely N-dealkylation sites (tertiary alicyclic amines) is 1. The fourth-order valence-electron chi connectivity index (χ4n) is 2.04. The average Bonchev–Trinajstić information content (AvgIpc) is 2.41. The zero-order valence-corrected chi connectivity index (χ0v) is 10.8. The molecule has 1 aliphatic heterocycles. The number of nitrogens with zero attached hydrogens (tertiary/aromatic N) is 2. The molecule has 1 saturated heterocycles. The number of halogens is 1. The van der Waals surface area contributed by atoms with Gasteiger partial charge in [0.2, 0.25) is 5.88 Å². The van der Waals surface area contributed by atoms with Gasteiger partial charge in [-0.05, 0) is 31.5 Å². The number of piperidine rings is 1.